The number of nitrogens with zero attached hydrogens (tertiary/aromatic N) is 2. The van der Waals surface area contributed by atoms with Gasteiger partial charge < -0.3 is 4.74 Å². The summed E-state index contributed by atoms with van der Waals surface area (Å²) in [6.07, 6.45) is 1.52. The number of fused-ring (bicyclic) bond motifs is 1. The van der Waals surface area contributed by atoms with Crippen molar-refractivity contribution >= 4 is 26.8 Å². The first kappa shape index (κ1) is 12.1. The van der Waals surface area contributed by atoms with Gasteiger partial charge in [0.2, 0.25) is 5.88 Å². The molecule has 1 aromatic heterocycles. The lowest BCUT2D eigenvalue weighted by molar-refractivity contribution is 0.297. The van der Waals surface area contributed by atoms with Crippen molar-refractivity contribution in [3.8, 4) is 5.88 Å². The number of hydrogen-bond donors (Lipinski definition) is 0. The fourth-order valence-electron chi connectivity index (χ4n) is 1.85. The van der Waals surface area contributed by atoms with Crippen molar-refractivity contribution in [1.82, 2.24) is 9.97 Å². The molecule has 1 heterocycles. The highest BCUT2D eigenvalue weighted by molar-refractivity contribution is 9.10. The largest absolute Gasteiger partial charge is 0.472 e. The summed E-state index contributed by atoms with van der Waals surface area (Å²) in [6.45, 7) is 0.499. The van der Waals surface area contributed by atoms with E-state index in [1.165, 1.54) is 6.33 Å². The van der Waals surface area contributed by atoms with Crippen molar-refractivity contribution in [3.05, 3.63) is 64.9 Å². The van der Waals surface area contributed by atoms with E-state index in [1.54, 1.807) is 0 Å². The maximum Gasteiger partial charge on any atom is 0.224 e. The van der Waals surface area contributed by atoms with Gasteiger partial charge in [-0.3, -0.25) is 0 Å². The lowest BCUT2D eigenvalue weighted by Gasteiger charge is -2.08. The summed E-state index contributed by atoms with van der Waals surface area (Å²) in [4.78, 5) is 8.43. The van der Waals surface area contributed by atoms with Crippen molar-refractivity contribution in [3.63, 3.8) is 0 Å². The third kappa shape index (κ3) is 2.74. The van der Waals surface area contributed by atoms with Crippen molar-refractivity contribution in [2.45, 2.75) is 6.61 Å². The Morgan fingerprint density at radius 1 is 1.00 bits per heavy atom. The summed E-state index contributed by atoms with van der Waals surface area (Å²) < 4.78 is 6.77. The second-order valence-corrected chi connectivity index (χ2v) is 5.03. The van der Waals surface area contributed by atoms with Gasteiger partial charge in [-0.2, -0.15) is 0 Å². The predicted molar refractivity (Wildman–Crippen MR) is 78.0 cm³/mol. The Morgan fingerprint density at radius 2 is 1.84 bits per heavy atom. The molecule has 0 N–H and O–H groups in total. The average Bonchev–Trinajstić information content (AvgIpc) is 2.46. The van der Waals surface area contributed by atoms with Crippen molar-refractivity contribution in [1.29, 1.82) is 0 Å². The Kier molecular flexibility index (Phi) is 3.42. The molecule has 0 fully saturated rings. The standard InChI is InChI=1S/C15H11BrN2O/c16-12-6-7-14-13(8-12)15(18-10-17-14)19-9-11-4-2-1-3-5-11/h1-8,10H,9H2. The Morgan fingerprint density at radius 3 is 2.68 bits per heavy atom. The van der Waals surface area contributed by atoms with E-state index in [0.717, 1.165) is 20.9 Å². The van der Waals surface area contributed by atoms with Gasteiger partial charge in [0.05, 0.1) is 10.9 Å². The molecule has 0 unspecified atom stereocenters. The first-order chi connectivity index (χ1) is 9.33. The molecule has 0 bridgehead atoms. The molecular formula is C15H11BrN2O. The van der Waals surface area contributed by atoms with Gasteiger partial charge in [0, 0.05) is 4.47 Å². The predicted octanol–water partition coefficient (Wildman–Crippen LogP) is 3.97. The summed E-state index contributed by atoms with van der Waals surface area (Å²) in [6, 6.07) is 15.9. The molecule has 0 saturated carbocycles. The van der Waals surface area contributed by atoms with E-state index < -0.39 is 0 Å². The first-order valence-electron chi connectivity index (χ1n) is 5.90. The van der Waals surface area contributed by atoms with Crippen molar-refractivity contribution in [2.24, 2.45) is 0 Å². The molecule has 0 radical (unpaired) electrons. The van der Waals surface area contributed by atoms with Gasteiger partial charge in [0.1, 0.15) is 12.9 Å². The van der Waals surface area contributed by atoms with Crippen LogP contribution in [0.5, 0.6) is 5.88 Å². The average molecular weight is 315 g/mol. The van der Waals surface area contributed by atoms with E-state index in [4.69, 9.17) is 4.74 Å². The molecular weight excluding hydrogens is 304 g/mol. The molecule has 0 aliphatic carbocycles. The van der Waals surface area contributed by atoms with E-state index in [1.807, 2.05) is 48.5 Å². The molecule has 19 heavy (non-hydrogen) atoms. The SMILES string of the molecule is Brc1ccc2ncnc(OCc3ccccc3)c2c1. The van der Waals surface area contributed by atoms with Crippen molar-refractivity contribution < 1.29 is 4.74 Å². The van der Waals surface area contributed by atoms with Crippen LogP contribution in [0.15, 0.2) is 59.3 Å². The molecule has 3 aromatic rings. The van der Waals surface area contributed by atoms with Gasteiger partial charge in [-0.15, -0.1) is 0 Å². The van der Waals surface area contributed by atoms with E-state index in [-0.39, 0.29) is 0 Å². The third-order valence-electron chi connectivity index (χ3n) is 2.78. The second-order valence-electron chi connectivity index (χ2n) is 4.11. The molecule has 0 spiro atoms. The lowest BCUT2D eigenvalue weighted by Crippen LogP contribution is -1.98. The summed E-state index contributed by atoms with van der Waals surface area (Å²) in [5.74, 6) is 0.607. The molecule has 3 nitrogen and oxygen atoms in total. The van der Waals surface area contributed by atoms with Crippen LogP contribution in [0.3, 0.4) is 0 Å². The topological polar surface area (TPSA) is 35.0 Å². The molecule has 2 aromatic carbocycles. The van der Waals surface area contributed by atoms with Gasteiger partial charge >= 0.3 is 0 Å². The Bertz CT molecular complexity index is 701. The van der Waals surface area contributed by atoms with Gasteiger partial charge in [0.25, 0.3) is 0 Å². The monoisotopic (exact) mass is 314 g/mol. The van der Waals surface area contributed by atoms with Crippen LogP contribution in [0.25, 0.3) is 10.9 Å². The minimum atomic E-state index is 0.499. The summed E-state index contributed by atoms with van der Waals surface area (Å²) in [5, 5.41) is 0.910. The van der Waals surface area contributed by atoms with Crippen LogP contribution in [-0.4, -0.2) is 9.97 Å². The number of aromatic nitrogens is 2. The third-order valence-corrected chi connectivity index (χ3v) is 3.27. The zero-order valence-corrected chi connectivity index (χ0v) is 11.7. The summed E-state index contributed by atoms with van der Waals surface area (Å²) in [5.41, 5.74) is 1.99. The molecule has 0 atom stereocenters. The summed E-state index contributed by atoms with van der Waals surface area (Å²) >= 11 is 3.45. The molecule has 94 valence electrons. The van der Waals surface area contributed by atoms with Gasteiger partial charge in [-0.1, -0.05) is 46.3 Å². The highest BCUT2D eigenvalue weighted by atomic mass is 79.9. The van der Waals surface area contributed by atoms with Crippen LogP contribution < -0.4 is 4.74 Å². The second kappa shape index (κ2) is 5.36. The Hall–Kier alpha value is -1.94. The smallest absolute Gasteiger partial charge is 0.224 e. The number of halogens is 1. The maximum atomic E-state index is 5.79. The van der Waals surface area contributed by atoms with E-state index in [0.29, 0.717) is 12.5 Å². The number of ether oxygens (including phenoxy) is 1. The molecule has 0 aliphatic rings. The number of benzene rings is 2. The van der Waals surface area contributed by atoms with E-state index in [2.05, 4.69) is 25.9 Å². The van der Waals surface area contributed by atoms with Crippen molar-refractivity contribution in [2.75, 3.05) is 0 Å². The molecule has 0 aliphatic heterocycles. The lowest BCUT2D eigenvalue weighted by atomic mass is 10.2. The van der Waals surface area contributed by atoms with E-state index in [9.17, 15) is 0 Å². The zero-order chi connectivity index (χ0) is 13.1. The minimum Gasteiger partial charge on any atom is -0.472 e. The van der Waals surface area contributed by atoms with Crippen LogP contribution >= 0.6 is 15.9 Å². The van der Waals surface area contributed by atoms with Gasteiger partial charge in [-0.25, -0.2) is 9.97 Å². The number of rotatable bonds is 3. The van der Waals surface area contributed by atoms with Crippen LogP contribution in [0, 0.1) is 0 Å². The van der Waals surface area contributed by atoms with Crippen LogP contribution in [0.1, 0.15) is 5.56 Å². The molecule has 0 amide bonds. The Labute approximate surface area is 119 Å². The summed E-state index contributed by atoms with van der Waals surface area (Å²) in [7, 11) is 0. The van der Waals surface area contributed by atoms with E-state index >= 15 is 0 Å². The zero-order valence-electron chi connectivity index (χ0n) is 10.1. The van der Waals surface area contributed by atoms with Crippen LogP contribution in [-0.2, 0) is 6.61 Å². The van der Waals surface area contributed by atoms with Gasteiger partial charge in [0.15, 0.2) is 0 Å². The highest BCUT2D eigenvalue weighted by Gasteiger charge is 2.05. The highest BCUT2D eigenvalue weighted by Crippen LogP contribution is 2.25. The molecule has 3 rings (SSSR count). The number of hydrogen-bond acceptors (Lipinski definition) is 3. The minimum absolute atomic E-state index is 0.499. The van der Waals surface area contributed by atoms with Crippen LogP contribution in [0.2, 0.25) is 0 Å². The maximum absolute atomic E-state index is 5.79. The van der Waals surface area contributed by atoms with Gasteiger partial charge in [-0.05, 0) is 23.8 Å². The molecule has 0 saturated heterocycles. The Balaban J connectivity index is 1.90. The normalized spacial score (nSPS) is 10.6. The first-order valence-corrected chi connectivity index (χ1v) is 6.69. The van der Waals surface area contributed by atoms with Crippen LogP contribution in [0.4, 0.5) is 0 Å². The fourth-order valence-corrected chi connectivity index (χ4v) is 2.21. The molecule has 4 heteroatoms. The fraction of sp³-hybridized carbons (Fsp3) is 0.0667. The quantitative estimate of drug-likeness (QED) is 0.733.